The normalized spacial score (nSPS) is 10.2. The number of para-hydroxylation sites is 2. The summed E-state index contributed by atoms with van der Waals surface area (Å²) in [6, 6.07) is 13.6. The van der Waals surface area contributed by atoms with Crippen molar-refractivity contribution in [2.45, 2.75) is 6.92 Å². The van der Waals surface area contributed by atoms with Gasteiger partial charge in [0.05, 0.1) is 18.4 Å². The van der Waals surface area contributed by atoms with Crippen LogP contribution in [0.1, 0.15) is 18.1 Å². The van der Waals surface area contributed by atoms with E-state index in [1.165, 1.54) is 6.21 Å². The molecule has 25 heavy (non-hydrogen) atoms. The van der Waals surface area contributed by atoms with Crippen LogP contribution < -0.4 is 14.9 Å². The topological polar surface area (TPSA) is 104 Å². The lowest BCUT2D eigenvalue weighted by molar-refractivity contribution is -0.123. The van der Waals surface area contributed by atoms with Gasteiger partial charge in [-0.05, 0) is 31.2 Å². The molecule has 0 unspecified atom stereocenters. The summed E-state index contributed by atoms with van der Waals surface area (Å²) in [5.74, 6) is 0.117. The van der Waals surface area contributed by atoms with Crippen LogP contribution in [-0.2, 0) is 4.79 Å². The van der Waals surface area contributed by atoms with Gasteiger partial charge < -0.3 is 14.6 Å². The highest BCUT2D eigenvalue weighted by Gasteiger charge is 2.07. The fourth-order valence-electron chi connectivity index (χ4n) is 1.95. The summed E-state index contributed by atoms with van der Waals surface area (Å²) in [4.78, 5) is 11.7. The minimum absolute atomic E-state index is 0.0541. The Morgan fingerprint density at radius 2 is 2.00 bits per heavy atom. The molecule has 128 valence electrons. The third-order valence-electron chi connectivity index (χ3n) is 3.09. The number of nitrogens with one attached hydrogen (secondary N) is 1. The molecule has 0 radical (unpaired) electrons. The van der Waals surface area contributed by atoms with Crippen LogP contribution in [0.15, 0.2) is 47.6 Å². The van der Waals surface area contributed by atoms with Gasteiger partial charge in [0.15, 0.2) is 18.1 Å². The van der Waals surface area contributed by atoms with Crippen molar-refractivity contribution in [1.29, 1.82) is 5.26 Å². The maximum Gasteiger partial charge on any atom is 0.277 e. The molecule has 2 N–H and O–H groups in total. The molecule has 0 aliphatic heterocycles. The number of amides is 1. The van der Waals surface area contributed by atoms with E-state index in [4.69, 9.17) is 14.7 Å². The fraction of sp³-hybridized carbons (Fsp3) is 0.167. The molecule has 0 saturated heterocycles. The molecule has 0 aromatic heterocycles. The summed E-state index contributed by atoms with van der Waals surface area (Å²) in [5.41, 5.74) is 3.04. The number of hydrogen-bond donors (Lipinski definition) is 2. The van der Waals surface area contributed by atoms with Crippen molar-refractivity contribution in [3.8, 4) is 23.3 Å². The number of nitrogens with zero attached hydrogens (tertiary/aromatic N) is 2. The van der Waals surface area contributed by atoms with Crippen LogP contribution in [0.4, 0.5) is 0 Å². The summed E-state index contributed by atoms with van der Waals surface area (Å²) in [5, 5.41) is 22.7. The third kappa shape index (κ3) is 4.97. The highest BCUT2D eigenvalue weighted by Crippen LogP contribution is 2.28. The quantitative estimate of drug-likeness (QED) is 0.594. The van der Waals surface area contributed by atoms with Gasteiger partial charge in [-0.25, -0.2) is 5.43 Å². The average Bonchev–Trinajstić information content (AvgIpc) is 2.63. The highest BCUT2D eigenvalue weighted by molar-refractivity contribution is 5.86. The first-order chi connectivity index (χ1) is 12.2. The highest BCUT2D eigenvalue weighted by atomic mass is 16.5. The Morgan fingerprint density at radius 3 is 2.76 bits per heavy atom. The molecule has 1 amide bonds. The molecule has 0 heterocycles. The average molecular weight is 339 g/mol. The van der Waals surface area contributed by atoms with Gasteiger partial charge in [0.25, 0.3) is 5.91 Å². The van der Waals surface area contributed by atoms with Gasteiger partial charge in [0, 0.05) is 5.56 Å². The smallest absolute Gasteiger partial charge is 0.277 e. The Hall–Kier alpha value is -3.53. The van der Waals surface area contributed by atoms with E-state index in [9.17, 15) is 9.90 Å². The molecule has 0 saturated carbocycles. The van der Waals surface area contributed by atoms with Gasteiger partial charge in [-0.15, -0.1) is 0 Å². The molecule has 0 fully saturated rings. The number of hydrazone groups is 1. The van der Waals surface area contributed by atoms with Crippen LogP contribution in [0.25, 0.3) is 0 Å². The predicted molar refractivity (Wildman–Crippen MR) is 91.7 cm³/mol. The molecule has 2 rings (SSSR count). The van der Waals surface area contributed by atoms with Crippen molar-refractivity contribution in [3.05, 3.63) is 53.6 Å². The van der Waals surface area contributed by atoms with Crippen molar-refractivity contribution >= 4 is 12.1 Å². The van der Waals surface area contributed by atoms with E-state index < -0.39 is 5.91 Å². The van der Waals surface area contributed by atoms with Gasteiger partial charge in [-0.3, -0.25) is 4.79 Å². The third-order valence-corrected chi connectivity index (χ3v) is 3.09. The molecular weight excluding hydrogens is 322 g/mol. The molecule has 0 bridgehead atoms. The molecular formula is C18H17N3O4. The van der Waals surface area contributed by atoms with Crippen molar-refractivity contribution < 1.29 is 19.4 Å². The molecule has 7 nitrogen and oxygen atoms in total. The second-order valence-corrected chi connectivity index (χ2v) is 4.82. The number of aromatic hydroxyl groups is 1. The number of phenols is 1. The van der Waals surface area contributed by atoms with Crippen LogP contribution in [0, 0.1) is 11.3 Å². The Labute approximate surface area is 145 Å². The Morgan fingerprint density at radius 1 is 1.24 bits per heavy atom. The first kappa shape index (κ1) is 17.8. The van der Waals surface area contributed by atoms with Crippen molar-refractivity contribution in [3.63, 3.8) is 0 Å². The van der Waals surface area contributed by atoms with Gasteiger partial charge in [0.1, 0.15) is 11.8 Å². The SMILES string of the molecule is CCOc1cccc(/C=N/NC(=O)COc2ccccc2C#N)c1O. The van der Waals surface area contributed by atoms with E-state index in [2.05, 4.69) is 10.5 Å². The number of nitriles is 1. The van der Waals surface area contributed by atoms with Crippen LogP contribution in [0.3, 0.4) is 0 Å². The lowest BCUT2D eigenvalue weighted by atomic mass is 10.2. The first-order valence-electron chi connectivity index (χ1n) is 7.54. The van der Waals surface area contributed by atoms with Gasteiger partial charge in [0.2, 0.25) is 0 Å². The number of ether oxygens (including phenoxy) is 2. The first-order valence-corrected chi connectivity index (χ1v) is 7.54. The lowest BCUT2D eigenvalue weighted by Crippen LogP contribution is -2.24. The van der Waals surface area contributed by atoms with Crippen LogP contribution in [0.5, 0.6) is 17.2 Å². The standard InChI is InChI=1S/C18H17N3O4/c1-2-24-16-9-5-7-14(18(16)23)11-20-21-17(22)12-25-15-8-4-3-6-13(15)10-19/h3-9,11,23H,2,12H2,1H3,(H,21,22)/b20-11+. The molecule has 0 spiro atoms. The van der Waals surface area contributed by atoms with E-state index in [0.717, 1.165) is 0 Å². The van der Waals surface area contributed by atoms with E-state index in [-0.39, 0.29) is 12.4 Å². The van der Waals surface area contributed by atoms with Gasteiger partial charge in [-0.2, -0.15) is 10.4 Å². The maximum absolute atomic E-state index is 11.7. The van der Waals surface area contributed by atoms with Crippen molar-refractivity contribution in [2.24, 2.45) is 5.10 Å². The summed E-state index contributed by atoms with van der Waals surface area (Å²) >= 11 is 0. The van der Waals surface area contributed by atoms with E-state index in [1.807, 2.05) is 13.0 Å². The monoisotopic (exact) mass is 339 g/mol. The summed E-state index contributed by atoms with van der Waals surface area (Å²) < 4.78 is 10.6. The molecule has 2 aromatic carbocycles. The van der Waals surface area contributed by atoms with Gasteiger partial charge in [-0.1, -0.05) is 18.2 Å². The number of carbonyl (C=O) groups is 1. The molecule has 0 aliphatic carbocycles. The summed E-state index contributed by atoms with van der Waals surface area (Å²) in [6.07, 6.45) is 1.30. The number of hydrogen-bond acceptors (Lipinski definition) is 6. The van der Waals surface area contributed by atoms with E-state index in [1.54, 1.807) is 42.5 Å². The van der Waals surface area contributed by atoms with E-state index in [0.29, 0.717) is 29.2 Å². The zero-order valence-corrected chi connectivity index (χ0v) is 13.6. The van der Waals surface area contributed by atoms with Crippen molar-refractivity contribution in [1.82, 2.24) is 5.43 Å². The van der Waals surface area contributed by atoms with Crippen LogP contribution >= 0.6 is 0 Å². The summed E-state index contributed by atoms with van der Waals surface area (Å²) in [6.45, 7) is 1.94. The minimum Gasteiger partial charge on any atom is -0.504 e. The Balaban J connectivity index is 1.91. The Kier molecular flexibility index (Phi) is 6.37. The zero-order valence-electron chi connectivity index (χ0n) is 13.6. The number of phenolic OH excluding ortho intramolecular Hbond substituents is 1. The number of benzene rings is 2. The second-order valence-electron chi connectivity index (χ2n) is 4.82. The maximum atomic E-state index is 11.7. The van der Waals surface area contributed by atoms with Gasteiger partial charge >= 0.3 is 0 Å². The van der Waals surface area contributed by atoms with Crippen LogP contribution in [0.2, 0.25) is 0 Å². The zero-order chi connectivity index (χ0) is 18.1. The minimum atomic E-state index is -0.496. The molecule has 0 aliphatic rings. The number of rotatable bonds is 7. The van der Waals surface area contributed by atoms with Crippen molar-refractivity contribution in [2.75, 3.05) is 13.2 Å². The second kappa shape index (κ2) is 8.93. The Bertz CT molecular complexity index is 812. The van der Waals surface area contributed by atoms with Crippen LogP contribution in [-0.4, -0.2) is 30.4 Å². The fourth-order valence-corrected chi connectivity index (χ4v) is 1.95. The number of carbonyl (C=O) groups excluding carboxylic acids is 1. The lowest BCUT2D eigenvalue weighted by Gasteiger charge is -2.07. The predicted octanol–water partition coefficient (Wildman–Crippen LogP) is 2.19. The molecule has 2 aromatic rings. The summed E-state index contributed by atoms with van der Waals surface area (Å²) in [7, 11) is 0. The molecule has 0 atom stereocenters. The largest absolute Gasteiger partial charge is 0.504 e. The van der Waals surface area contributed by atoms with E-state index >= 15 is 0 Å². The molecule has 7 heteroatoms.